The summed E-state index contributed by atoms with van der Waals surface area (Å²) in [5, 5.41) is 0. The van der Waals surface area contributed by atoms with Gasteiger partial charge in [0, 0.05) is 23.9 Å². The molecule has 0 saturated heterocycles. The summed E-state index contributed by atoms with van der Waals surface area (Å²) in [5.41, 5.74) is 0. The monoisotopic (exact) mass is 209 g/mol. The first kappa shape index (κ1) is 9.00. The molecule has 0 rings (SSSR count). The largest absolute Gasteiger partial charge is 0 e. The van der Waals surface area contributed by atoms with Gasteiger partial charge in [0.25, 0.3) is 0 Å². The second-order valence-electron chi connectivity index (χ2n) is 0.333. The predicted molar refractivity (Wildman–Crippen MR) is 17.5 cm³/mol. The van der Waals surface area contributed by atoms with E-state index in [1.165, 1.54) is 14.7 Å². The van der Waals surface area contributed by atoms with E-state index in [1.54, 1.807) is 0 Å². The molecule has 0 amide bonds. The molecule has 0 heterocycles. The topological polar surface area (TPSA) is 0 Å². The maximum Gasteiger partial charge on any atom is 0 e. The first-order chi connectivity index (χ1) is 1.41. The first-order valence-corrected chi connectivity index (χ1v) is 2.75. The third kappa shape index (κ3) is 10.3. The molecule has 4 heavy (non-hydrogen) atoms. The van der Waals surface area contributed by atoms with Crippen molar-refractivity contribution in [3.63, 3.8) is 0 Å². The zero-order valence-electron chi connectivity index (χ0n) is 2.83. The van der Waals surface area contributed by atoms with Crippen LogP contribution in [0.2, 0.25) is 11.7 Å². The van der Waals surface area contributed by atoms with Gasteiger partial charge in [0.2, 0.25) is 0 Å². The second-order valence-corrected chi connectivity index (χ2v) is 1.37. The van der Waals surface area contributed by atoms with Crippen molar-refractivity contribution in [1.82, 2.24) is 0 Å². The molecule has 0 unspecified atom stereocenters. The van der Waals surface area contributed by atoms with Crippen molar-refractivity contribution in [3.8, 4) is 0 Å². The van der Waals surface area contributed by atoms with Crippen molar-refractivity contribution in [2.24, 2.45) is 0 Å². The van der Waals surface area contributed by atoms with E-state index in [2.05, 4.69) is 11.7 Å². The van der Waals surface area contributed by atoms with Crippen LogP contribution in [-0.2, 0) is 14.7 Å². The third-order valence-corrected chi connectivity index (χ3v) is 0. The van der Waals surface area contributed by atoms with Gasteiger partial charge in [0.05, 0.1) is 0 Å². The Hall–Kier alpha value is 1.31. The van der Waals surface area contributed by atoms with Gasteiger partial charge in [-0.3, -0.25) is 0 Å². The SMILES string of the molecule is [CH3][Co][CH3].[Sn]. The van der Waals surface area contributed by atoms with Gasteiger partial charge in [0.1, 0.15) is 0 Å². The Balaban J connectivity index is 0. The molecule has 0 N–H and O–H groups in total. The molecule has 27 valence electrons. The summed E-state index contributed by atoms with van der Waals surface area (Å²) < 4.78 is 0. The van der Waals surface area contributed by atoms with Crippen LogP contribution < -0.4 is 0 Å². The average Bonchev–Trinajstić information content (AvgIpc) is 0.918. The van der Waals surface area contributed by atoms with Gasteiger partial charge in [0.15, 0.2) is 0 Å². The second kappa shape index (κ2) is 8.85. The number of hydrogen-bond donors (Lipinski definition) is 0. The van der Waals surface area contributed by atoms with E-state index in [1.807, 2.05) is 0 Å². The van der Waals surface area contributed by atoms with Crippen LogP contribution >= 0.6 is 0 Å². The van der Waals surface area contributed by atoms with Crippen molar-refractivity contribution in [2.45, 2.75) is 11.7 Å². The molecule has 0 fully saturated rings. The van der Waals surface area contributed by atoms with E-state index in [9.17, 15) is 0 Å². The molecular weight excluding hydrogens is 202 g/mol. The fraction of sp³-hybridized carbons (Fsp3) is 1.00. The van der Waals surface area contributed by atoms with Gasteiger partial charge in [-0.2, -0.15) is 0 Å². The molecule has 0 aromatic heterocycles. The Bertz CT molecular complexity index is 6.00. The van der Waals surface area contributed by atoms with Crippen LogP contribution in [0.25, 0.3) is 0 Å². The van der Waals surface area contributed by atoms with Gasteiger partial charge in [-0.1, -0.05) is 0 Å². The van der Waals surface area contributed by atoms with Crippen LogP contribution in [0.4, 0.5) is 0 Å². The van der Waals surface area contributed by atoms with Crippen LogP contribution in [0.5, 0.6) is 0 Å². The maximum atomic E-state index is 2.09. The minimum atomic E-state index is 0. The van der Waals surface area contributed by atoms with E-state index >= 15 is 0 Å². The summed E-state index contributed by atoms with van der Waals surface area (Å²) in [4.78, 5) is 0. The smallest absolute Gasteiger partial charge is 0 e. The fourth-order valence-corrected chi connectivity index (χ4v) is 0. The van der Waals surface area contributed by atoms with Gasteiger partial charge >= 0.3 is 26.4 Å². The molecule has 0 aromatic carbocycles. The van der Waals surface area contributed by atoms with Gasteiger partial charge in [-0.25, -0.2) is 0 Å². The summed E-state index contributed by atoms with van der Waals surface area (Å²) in [6.07, 6.45) is 0. The summed E-state index contributed by atoms with van der Waals surface area (Å²) in [7, 11) is 0. The quantitative estimate of drug-likeness (QED) is 0.516. The molecule has 0 aliphatic carbocycles. The zero-order valence-corrected chi connectivity index (χ0v) is 6.73. The Labute approximate surface area is 50.3 Å². The van der Waals surface area contributed by atoms with Crippen molar-refractivity contribution < 1.29 is 14.7 Å². The minimum Gasteiger partial charge on any atom is 0 e. The molecule has 2 heteroatoms. The van der Waals surface area contributed by atoms with E-state index in [-0.39, 0.29) is 23.9 Å². The van der Waals surface area contributed by atoms with Crippen LogP contribution in [0.1, 0.15) is 0 Å². The predicted octanol–water partition coefficient (Wildman–Crippen LogP) is 0.784. The molecule has 0 aliphatic rings. The number of rotatable bonds is 0. The van der Waals surface area contributed by atoms with Crippen LogP contribution in [0, 0.1) is 0 Å². The molecule has 0 aliphatic heterocycles. The zero-order chi connectivity index (χ0) is 2.71. The van der Waals surface area contributed by atoms with Crippen molar-refractivity contribution >= 4 is 23.9 Å². The Morgan fingerprint density at radius 3 is 1.25 bits per heavy atom. The molecular formula is C2H6CoSn. The van der Waals surface area contributed by atoms with E-state index in [4.69, 9.17) is 0 Å². The van der Waals surface area contributed by atoms with Gasteiger partial charge in [-0.05, 0) is 0 Å². The standard InChI is InChI=1S/2CH3.Co.Sn/h2*1H3;;. The van der Waals surface area contributed by atoms with Crippen molar-refractivity contribution in [2.75, 3.05) is 0 Å². The van der Waals surface area contributed by atoms with E-state index in [0.29, 0.717) is 0 Å². The maximum absolute atomic E-state index is 2.09. The van der Waals surface area contributed by atoms with Crippen molar-refractivity contribution in [3.05, 3.63) is 0 Å². The summed E-state index contributed by atoms with van der Waals surface area (Å²) in [6, 6.07) is 0. The Kier molecular flexibility index (Phi) is 19.9. The molecule has 0 atom stereocenters. The van der Waals surface area contributed by atoms with Gasteiger partial charge in [-0.15, -0.1) is 0 Å². The van der Waals surface area contributed by atoms with Crippen molar-refractivity contribution in [1.29, 1.82) is 0 Å². The molecule has 0 spiro atoms. The molecule has 0 nitrogen and oxygen atoms in total. The van der Waals surface area contributed by atoms with Gasteiger partial charge < -0.3 is 0 Å². The molecule has 0 saturated carbocycles. The molecule has 0 aromatic rings. The third-order valence-electron chi connectivity index (χ3n) is 0. The van der Waals surface area contributed by atoms with E-state index in [0.717, 1.165) is 0 Å². The number of hydrogen-bond acceptors (Lipinski definition) is 0. The molecule has 0 bridgehead atoms. The van der Waals surface area contributed by atoms with E-state index < -0.39 is 0 Å². The Morgan fingerprint density at radius 1 is 1.25 bits per heavy atom. The van der Waals surface area contributed by atoms with Crippen LogP contribution in [0.3, 0.4) is 0 Å². The van der Waals surface area contributed by atoms with Crippen LogP contribution in [-0.4, -0.2) is 23.9 Å². The minimum absolute atomic E-state index is 0. The molecule has 4 radical (unpaired) electrons. The summed E-state index contributed by atoms with van der Waals surface area (Å²) in [6.45, 7) is 0. The summed E-state index contributed by atoms with van der Waals surface area (Å²) in [5.74, 6) is 4.19. The normalized spacial score (nSPS) is 5.50. The summed E-state index contributed by atoms with van der Waals surface area (Å²) >= 11 is 1.44. The van der Waals surface area contributed by atoms with Crippen LogP contribution in [0.15, 0.2) is 0 Å². The fourth-order valence-electron chi connectivity index (χ4n) is 0. The first-order valence-electron chi connectivity index (χ1n) is 0.667. The Morgan fingerprint density at radius 2 is 1.25 bits per heavy atom. The average molecular weight is 208 g/mol.